The van der Waals surface area contributed by atoms with Crippen molar-refractivity contribution >= 4 is 5.78 Å². The van der Waals surface area contributed by atoms with E-state index in [4.69, 9.17) is 9.47 Å². The van der Waals surface area contributed by atoms with Gasteiger partial charge in [0.25, 0.3) is 0 Å². The third-order valence-electron chi connectivity index (χ3n) is 2.90. The summed E-state index contributed by atoms with van der Waals surface area (Å²) in [6.07, 6.45) is 1.82. The van der Waals surface area contributed by atoms with Crippen LogP contribution in [0.3, 0.4) is 0 Å². The highest BCUT2D eigenvalue weighted by atomic mass is 16.5. The van der Waals surface area contributed by atoms with Gasteiger partial charge in [0, 0.05) is 5.56 Å². The molecule has 0 aliphatic carbocycles. The Morgan fingerprint density at radius 1 is 1.53 bits per heavy atom. The fraction of sp³-hybridized carbons (Fsp3) is 0.462. The Labute approximate surface area is 101 Å². The minimum atomic E-state index is 0.0479. The predicted molar refractivity (Wildman–Crippen MR) is 65.1 cm³/mol. The van der Waals surface area contributed by atoms with Gasteiger partial charge in [-0.1, -0.05) is 0 Å². The van der Waals surface area contributed by atoms with E-state index in [0.29, 0.717) is 17.9 Å². The van der Waals surface area contributed by atoms with Crippen LogP contribution in [0.5, 0.6) is 11.5 Å². The summed E-state index contributed by atoms with van der Waals surface area (Å²) in [6, 6.07) is 3.68. The first kappa shape index (κ1) is 11.9. The quantitative estimate of drug-likeness (QED) is 0.802. The largest absolute Gasteiger partial charge is 0.496 e. The lowest BCUT2D eigenvalue weighted by molar-refractivity contribution is 0.0988. The number of hydrogen-bond acceptors (Lipinski definition) is 4. The van der Waals surface area contributed by atoms with E-state index in [-0.39, 0.29) is 5.78 Å². The molecule has 1 aliphatic rings. The van der Waals surface area contributed by atoms with Crippen molar-refractivity contribution in [3.8, 4) is 11.5 Å². The Morgan fingerprint density at radius 2 is 2.35 bits per heavy atom. The third kappa shape index (κ3) is 2.26. The number of benzene rings is 1. The molecule has 1 aromatic rings. The van der Waals surface area contributed by atoms with Crippen LogP contribution in [0.4, 0.5) is 0 Å². The van der Waals surface area contributed by atoms with Crippen molar-refractivity contribution in [2.45, 2.75) is 12.8 Å². The zero-order chi connectivity index (χ0) is 12.3. The normalized spacial score (nSPS) is 13.8. The van der Waals surface area contributed by atoms with Gasteiger partial charge >= 0.3 is 0 Å². The molecular weight excluding hydrogens is 218 g/mol. The molecule has 17 heavy (non-hydrogen) atoms. The van der Waals surface area contributed by atoms with Crippen molar-refractivity contribution < 1.29 is 14.3 Å². The average Bonchev–Trinajstić information content (AvgIpc) is 2.37. The number of Topliss-reactive ketones (excluding diaryl/α,β-unsaturated/α-hetero) is 1. The summed E-state index contributed by atoms with van der Waals surface area (Å²) in [7, 11) is 3.35. The van der Waals surface area contributed by atoms with Crippen LogP contribution < -0.4 is 14.8 Å². The van der Waals surface area contributed by atoms with E-state index >= 15 is 0 Å². The Hall–Kier alpha value is -1.55. The summed E-state index contributed by atoms with van der Waals surface area (Å²) >= 11 is 0. The number of hydrogen-bond donors (Lipinski definition) is 1. The van der Waals surface area contributed by atoms with Gasteiger partial charge in [-0.15, -0.1) is 0 Å². The van der Waals surface area contributed by atoms with E-state index in [1.165, 1.54) is 0 Å². The van der Waals surface area contributed by atoms with Crippen molar-refractivity contribution in [1.82, 2.24) is 5.32 Å². The Bertz CT molecular complexity index is 429. The molecule has 0 amide bonds. The average molecular weight is 235 g/mol. The fourth-order valence-electron chi connectivity index (χ4n) is 2.15. The van der Waals surface area contributed by atoms with Crippen molar-refractivity contribution in [1.29, 1.82) is 0 Å². The van der Waals surface area contributed by atoms with Crippen LogP contribution in [0.25, 0.3) is 0 Å². The van der Waals surface area contributed by atoms with Crippen LogP contribution in [-0.2, 0) is 6.42 Å². The molecular formula is C13H17NO3. The SMILES string of the molecule is CNCC(=O)c1c(OC)ccc2c1CCCO2. The monoisotopic (exact) mass is 235 g/mol. The second-order valence-electron chi connectivity index (χ2n) is 4.03. The van der Waals surface area contributed by atoms with E-state index < -0.39 is 0 Å². The zero-order valence-corrected chi connectivity index (χ0v) is 10.2. The molecule has 1 heterocycles. The first-order valence-corrected chi connectivity index (χ1v) is 5.78. The molecule has 0 spiro atoms. The van der Waals surface area contributed by atoms with Crippen molar-refractivity contribution in [2.24, 2.45) is 0 Å². The number of methoxy groups -OCH3 is 1. The highest BCUT2D eigenvalue weighted by Crippen LogP contribution is 2.34. The van der Waals surface area contributed by atoms with Crippen LogP contribution in [0.1, 0.15) is 22.3 Å². The smallest absolute Gasteiger partial charge is 0.180 e. The number of fused-ring (bicyclic) bond motifs is 1. The molecule has 0 saturated heterocycles. The molecule has 4 heteroatoms. The van der Waals surface area contributed by atoms with Crippen LogP contribution in [-0.4, -0.2) is 33.1 Å². The highest BCUT2D eigenvalue weighted by molar-refractivity contribution is 6.02. The summed E-state index contributed by atoms with van der Waals surface area (Å²) in [5, 5.41) is 2.88. The topological polar surface area (TPSA) is 47.6 Å². The van der Waals surface area contributed by atoms with E-state index in [2.05, 4.69) is 5.32 Å². The van der Waals surface area contributed by atoms with Crippen molar-refractivity contribution in [3.05, 3.63) is 23.3 Å². The molecule has 1 aromatic carbocycles. The Balaban J connectivity index is 2.48. The van der Waals surface area contributed by atoms with Gasteiger partial charge in [0.1, 0.15) is 11.5 Å². The molecule has 1 N–H and O–H groups in total. The van der Waals surface area contributed by atoms with Gasteiger partial charge in [-0.05, 0) is 32.0 Å². The van der Waals surface area contributed by atoms with Crippen LogP contribution in [0.15, 0.2) is 12.1 Å². The van der Waals surface area contributed by atoms with Gasteiger partial charge in [-0.3, -0.25) is 4.79 Å². The minimum absolute atomic E-state index is 0.0479. The predicted octanol–water partition coefficient (Wildman–Crippen LogP) is 1.42. The summed E-state index contributed by atoms with van der Waals surface area (Å²) in [5.41, 5.74) is 1.65. The van der Waals surface area contributed by atoms with Crippen LogP contribution >= 0.6 is 0 Å². The van der Waals surface area contributed by atoms with Gasteiger partial charge in [0.2, 0.25) is 0 Å². The summed E-state index contributed by atoms with van der Waals surface area (Å²) in [6.45, 7) is 1.03. The maximum Gasteiger partial charge on any atom is 0.180 e. The third-order valence-corrected chi connectivity index (χ3v) is 2.90. The molecule has 0 unspecified atom stereocenters. The van der Waals surface area contributed by atoms with Gasteiger partial charge < -0.3 is 14.8 Å². The van der Waals surface area contributed by atoms with Gasteiger partial charge in [-0.25, -0.2) is 0 Å². The number of likely N-dealkylation sites (N-methyl/N-ethyl adjacent to an activating group) is 1. The first-order chi connectivity index (χ1) is 8.27. The van der Waals surface area contributed by atoms with Gasteiger partial charge in [0.05, 0.1) is 25.8 Å². The van der Waals surface area contributed by atoms with Crippen molar-refractivity contribution in [2.75, 3.05) is 27.3 Å². The fourth-order valence-corrected chi connectivity index (χ4v) is 2.15. The van der Waals surface area contributed by atoms with Gasteiger partial charge in [0.15, 0.2) is 5.78 Å². The van der Waals surface area contributed by atoms with E-state index in [1.54, 1.807) is 20.2 Å². The first-order valence-electron chi connectivity index (χ1n) is 5.78. The van der Waals surface area contributed by atoms with E-state index in [1.807, 2.05) is 6.07 Å². The molecule has 92 valence electrons. The molecule has 2 rings (SSSR count). The Kier molecular flexibility index (Phi) is 3.64. The minimum Gasteiger partial charge on any atom is -0.496 e. The van der Waals surface area contributed by atoms with Gasteiger partial charge in [-0.2, -0.15) is 0 Å². The van der Waals surface area contributed by atoms with E-state index in [0.717, 1.165) is 30.8 Å². The second kappa shape index (κ2) is 5.19. The summed E-state index contributed by atoms with van der Waals surface area (Å²) < 4.78 is 10.8. The molecule has 0 aromatic heterocycles. The summed E-state index contributed by atoms with van der Waals surface area (Å²) in [4.78, 5) is 12.1. The number of carbonyl (C=O) groups is 1. The Morgan fingerprint density at radius 3 is 3.06 bits per heavy atom. The molecule has 0 fully saturated rings. The molecule has 0 atom stereocenters. The standard InChI is InChI=1S/C13H17NO3/c1-14-8-10(15)13-9-4-3-7-17-11(9)5-6-12(13)16-2/h5-6,14H,3-4,7-8H2,1-2H3. The van der Waals surface area contributed by atoms with Crippen LogP contribution in [0, 0.1) is 0 Å². The lowest BCUT2D eigenvalue weighted by Gasteiger charge is -2.21. The van der Waals surface area contributed by atoms with Crippen molar-refractivity contribution in [3.63, 3.8) is 0 Å². The number of carbonyl (C=O) groups excluding carboxylic acids is 1. The maximum atomic E-state index is 12.1. The van der Waals surface area contributed by atoms with E-state index in [9.17, 15) is 4.79 Å². The molecule has 0 saturated carbocycles. The number of ether oxygens (including phenoxy) is 2. The second-order valence-corrected chi connectivity index (χ2v) is 4.03. The highest BCUT2D eigenvalue weighted by Gasteiger charge is 2.22. The molecule has 0 radical (unpaired) electrons. The summed E-state index contributed by atoms with van der Waals surface area (Å²) in [5.74, 6) is 1.50. The maximum absolute atomic E-state index is 12.1. The molecule has 1 aliphatic heterocycles. The molecule has 4 nitrogen and oxygen atoms in total. The number of ketones is 1. The number of nitrogens with one attached hydrogen (secondary N) is 1. The lowest BCUT2D eigenvalue weighted by atomic mass is 9.96. The zero-order valence-electron chi connectivity index (χ0n) is 10.2. The molecule has 0 bridgehead atoms. The lowest BCUT2D eigenvalue weighted by Crippen LogP contribution is -2.22. The van der Waals surface area contributed by atoms with Crippen LogP contribution in [0.2, 0.25) is 0 Å². The number of rotatable bonds is 4.